The van der Waals surface area contributed by atoms with E-state index in [1.807, 2.05) is 31.4 Å². The van der Waals surface area contributed by atoms with Gasteiger partial charge in [0.15, 0.2) is 18.1 Å². The van der Waals surface area contributed by atoms with E-state index in [0.717, 1.165) is 4.88 Å². The third-order valence-electron chi connectivity index (χ3n) is 3.42. The number of hydrogen-bond donors (Lipinski definition) is 2. The van der Waals surface area contributed by atoms with Crippen LogP contribution >= 0.6 is 11.3 Å². The normalized spacial score (nSPS) is 11.0. The van der Waals surface area contributed by atoms with Gasteiger partial charge in [-0.2, -0.15) is 0 Å². The van der Waals surface area contributed by atoms with Crippen LogP contribution in [0.3, 0.4) is 0 Å². The molecule has 1 aromatic heterocycles. The number of thiophene rings is 1. The number of hydrogen-bond acceptors (Lipinski definition) is 5. The number of ether oxygens (including phenoxy) is 2. The third kappa shape index (κ3) is 4.96. The van der Waals surface area contributed by atoms with Gasteiger partial charge in [0.05, 0.1) is 12.1 Å². The van der Waals surface area contributed by atoms with Crippen molar-refractivity contribution >= 4 is 23.2 Å². The Kier molecular flexibility index (Phi) is 6.03. The molecule has 2 N–H and O–H groups in total. The summed E-state index contributed by atoms with van der Waals surface area (Å²) in [6, 6.07) is 8.59. The minimum absolute atomic E-state index is 0.246. The fourth-order valence-corrected chi connectivity index (χ4v) is 3.03. The first kappa shape index (κ1) is 18.8. The molecule has 0 unspecified atom stereocenters. The van der Waals surface area contributed by atoms with Crippen LogP contribution in [0.4, 0.5) is 0 Å². The largest absolute Gasteiger partial charge is 0.490 e. The van der Waals surface area contributed by atoms with Gasteiger partial charge in [0.25, 0.3) is 5.91 Å². The average Bonchev–Trinajstić information content (AvgIpc) is 3.08. The van der Waals surface area contributed by atoms with Crippen LogP contribution in [0.5, 0.6) is 11.5 Å². The smallest absolute Gasteiger partial charge is 0.341 e. The molecule has 1 amide bonds. The van der Waals surface area contributed by atoms with E-state index < -0.39 is 18.1 Å². The summed E-state index contributed by atoms with van der Waals surface area (Å²) < 4.78 is 10.7. The van der Waals surface area contributed by atoms with Crippen LogP contribution in [-0.4, -0.2) is 30.2 Å². The topological polar surface area (TPSA) is 84.9 Å². The lowest BCUT2D eigenvalue weighted by Gasteiger charge is -2.25. The first-order valence-corrected chi connectivity index (χ1v) is 8.69. The fourth-order valence-electron chi connectivity index (χ4n) is 2.23. The second kappa shape index (κ2) is 8.02. The van der Waals surface area contributed by atoms with Gasteiger partial charge < -0.3 is 19.9 Å². The quantitative estimate of drug-likeness (QED) is 0.752. The number of carboxylic acids is 1. The molecule has 0 aliphatic rings. The van der Waals surface area contributed by atoms with E-state index in [-0.39, 0.29) is 5.91 Å². The minimum atomic E-state index is -1.08. The molecule has 134 valence electrons. The SMILES string of the molecule is CCOc1cc(C(=O)NC(C)(C)c2cccs2)ccc1OCC(=O)O. The minimum Gasteiger partial charge on any atom is -0.490 e. The van der Waals surface area contributed by atoms with Crippen LogP contribution in [0.1, 0.15) is 36.0 Å². The molecule has 0 atom stereocenters. The Labute approximate surface area is 150 Å². The second-order valence-electron chi connectivity index (χ2n) is 5.83. The number of amides is 1. The van der Waals surface area contributed by atoms with Crippen LogP contribution in [0.15, 0.2) is 35.7 Å². The summed E-state index contributed by atoms with van der Waals surface area (Å²) in [6.07, 6.45) is 0. The number of aliphatic carboxylic acids is 1. The average molecular weight is 363 g/mol. The molecule has 1 heterocycles. The number of carbonyl (C=O) groups excluding carboxylic acids is 1. The summed E-state index contributed by atoms with van der Waals surface area (Å²) in [5.74, 6) is -0.699. The predicted octanol–water partition coefficient (Wildman–Crippen LogP) is 3.28. The van der Waals surface area contributed by atoms with Gasteiger partial charge in [-0.1, -0.05) is 6.07 Å². The summed E-state index contributed by atoms with van der Waals surface area (Å²) in [4.78, 5) is 24.3. The maximum absolute atomic E-state index is 12.6. The standard InChI is InChI=1S/C18H21NO5S/c1-4-23-14-10-12(7-8-13(14)24-11-16(20)21)17(22)19-18(2,3)15-6-5-9-25-15/h5-10H,4,11H2,1-3H3,(H,19,22)(H,20,21). The molecule has 0 aliphatic carbocycles. The van der Waals surface area contributed by atoms with E-state index in [1.165, 1.54) is 0 Å². The number of carbonyl (C=O) groups is 2. The lowest BCUT2D eigenvalue weighted by Crippen LogP contribution is -2.40. The van der Waals surface area contributed by atoms with Crippen molar-refractivity contribution in [3.63, 3.8) is 0 Å². The van der Waals surface area contributed by atoms with Gasteiger partial charge in [0.2, 0.25) is 0 Å². The maximum atomic E-state index is 12.6. The van der Waals surface area contributed by atoms with Gasteiger partial charge in [-0.3, -0.25) is 4.79 Å². The van der Waals surface area contributed by atoms with Crippen molar-refractivity contribution in [2.45, 2.75) is 26.3 Å². The lowest BCUT2D eigenvalue weighted by atomic mass is 10.0. The Hall–Kier alpha value is -2.54. The van der Waals surface area contributed by atoms with E-state index in [9.17, 15) is 9.59 Å². The molecule has 0 aliphatic heterocycles. The highest BCUT2D eigenvalue weighted by molar-refractivity contribution is 7.10. The van der Waals surface area contributed by atoms with Crippen LogP contribution in [-0.2, 0) is 10.3 Å². The van der Waals surface area contributed by atoms with Crippen LogP contribution in [0.2, 0.25) is 0 Å². The molecule has 0 radical (unpaired) electrons. The summed E-state index contributed by atoms with van der Waals surface area (Å²) in [5.41, 5.74) is -0.0917. The molecule has 2 rings (SSSR count). The van der Waals surface area contributed by atoms with Gasteiger partial charge in [-0.25, -0.2) is 4.79 Å². The molecule has 0 spiro atoms. The third-order valence-corrected chi connectivity index (χ3v) is 4.61. The molecule has 0 saturated carbocycles. The van der Waals surface area contributed by atoms with Gasteiger partial charge in [0, 0.05) is 10.4 Å². The highest BCUT2D eigenvalue weighted by Gasteiger charge is 2.25. The zero-order chi connectivity index (χ0) is 18.4. The van der Waals surface area contributed by atoms with Crippen molar-refractivity contribution in [3.8, 4) is 11.5 Å². The Morgan fingerprint density at radius 1 is 1.20 bits per heavy atom. The molecule has 6 nitrogen and oxygen atoms in total. The summed E-state index contributed by atoms with van der Waals surface area (Å²) >= 11 is 1.58. The molecule has 0 saturated heterocycles. The number of carboxylic acid groups (broad SMARTS) is 1. The van der Waals surface area contributed by atoms with E-state index in [0.29, 0.717) is 23.7 Å². The lowest BCUT2D eigenvalue weighted by molar-refractivity contribution is -0.139. The Bertz CT molecular complexity index is 740. The van der Waals surface area contributed by atoms with E-state index in [1.54, 1.807) is 36.5 Å². The highest BCUT2D eigenvalue weighted by atomic mass is 32.1. The first-order chi connectivity index (χ1) is 11.8. The fraction of sp³-hybridized carbons (Fsp3) is 0.333. The van der Waals surface area contributed by atoms with Gasteiger partial charge in [-0.05, 0) is 50.4 Å². The Balaban J connectivity index is 2.19. The Morgan fingerprint density at radius 3 is 2.56 bits per heavy atom. The van der Waals surface area contributed by atoms with Crippen molar-refractivity contribution in [2.24, 2.45) is 0 Å². The van der Waals surface area contributed by atoms with Crippen LogP contribution in [0, 0.1) is 0 Å². The predicted molar refractivity (Wildman–Crippen MR) is 95.6 cm³/mol. The van der Waals surface area contributed by atoms with E-state index in [4.69, 9.17) is 14.6 Å². The summed E-state index contributed by atoms with van der Waals surface area (Å²) in [7, 11) is 0. The van der Waals surface area contributed by atoms with Gasteiger partial charge in [-0.15, -0.1) is 11.3 Å². The van der Waals surface area contributed by atoms with Gasteiger partial charge >= 0.3 is 5.97 Å². The van der Waals surface area contributed by atoms with Crippen molar-refractivity contribution in [2.75, 3.05) is 13.2 Å². The Morgan fingerprint density at radius 2 is 1.96 bits per heavy atom. The molecule has 2 aromatic rings. The molecule has 25 heavy (non-hydrogen) atoms. The molecular formula is C18H21NO5S. The monoisotopic (exact) mass is 363 g/mol. The van der Waals surface area contributed by atoms with Crippen molar-refractivity contribution < 1.29 is 24.2 Å². The summed E-state index contributed by atoms with van der Waals surface area (Å²) in [6.45, 7) is 5.56. The summed E-state index contributed by atoms with van der Waals surface area (Å²) in [5, 5.41) is 13.7. The number of nitrogens with one attached hydrogen (secondary N) is 1. The van der Waals surface area contributed by atoms with Crippen molar-refractivity contribution in [1.82, 2.24) is 5.32 Å². The maximum Gasteiger partial charge on any atom is 0.341 e. The van der Waals surface area contributed by atoms with E-state index >= 15 is 0 Å². The van der Waals surface area contributed by atoms with Crippen molar-refractivity contribution in [3.05, 3.63) is 46.2 Å². The van der Waals surface area contributed by atoms with E-state index in [2.05, 4.69) is 5.32 Å². The number of rotatable bonds is 8. The van der Waals surface area contributed by atoms with Crippen molar-refractivity contribution in [1.29, 1.82) is 0 Å². The molecule has 7 heteroatoms. The second-order valence-corrected chi connectivity index (χ2v) is 6.78. The molecule has 0 bridgehead atoms. The van der Waals surface area contributed by atoms with Crippen LogP contribution < -0.4 is 14.8 Å². The molecular weight excluding hydrogens is 342 g/mol. The molecule has 0 fully saturated rings. The molecule has 1 aromatic carbocycles. The first-order valence-electron chi connectivity index (χ1n) is 7.81. The zero-order valence-corrected chi connectivity index (χ0v) is 15.2. The number of benzene rings is 1. The van der Waals surface area contributed by atoms with Crippen LogP contribution in [0.25, 0.3) is 0 Å². The van der Waals surface area contributed by atoms with Gasteiger partial charge in [0.1, 0.15) is 0 Å². The zero-order valence-electron chi connectivity index (χ0n) is 14.4. The highest BCUT2D eigenvalue weighted by Crippen LogP contribution is 2.30.